The monoisotopic (exact) mass is 168 g/mol. The lowest BCUT2D eigenvalue weighted by atomic mass is 10.3. The van der Waals surface area contributed by atoms with E-state index in [-0.39, 0.29) is 5.56 Å². The number of pyridine rings is 1. The molecule has 0 saturated heterocycles. The van der Waals surface area contributed by atoms with Gasteiger partial charge < -0.3 is 4.98 Å². The molecule has 1 aromatic rings. The smallest absolute Gasteiger partial charge is 0.293 e. The minimum absolute atomic E-state index is 0.0255. The maximum atomic E-state index is 10.8. The summed E-state index contributed by atoms with van der Waals surface area (Å²) in [5.74, 6) is -0.679. The molecule has 11 heavy (non-hydrogen) atoms. The average Bonchev–Trinajstić information content (AvgIpc) is 2.04. The van der Waals surface area contributed by atoms with Crippen LogP contribution in [0, 0.1) is 0 Å². The highest BCUT2D eigenvalue weighted by atomic mass is 32.1. The number of hydrogen-bond donors (Lipinski definition) is 1. The van der Waals surface area contributed by atoms with Crippen LogP contribution in [-0.4, -0.2) is 10.9 Å². The Balaban J connectivity index is 3.24. The number of aromatic nitrogens is 1. The number of nitrogens with zero attached hydrogens (tertiary/aromatic N) is 1. The minimum Gasteiger partial charge on any atom is -0.328 e. The number of aromatic amines is 1. The van der Waals surface area contributed by atoms with Crippen molar-refractivity contribution in [2.45, 2.75) is 0 Å². The number of amides is 1. The zero-order valence-corrected chi connectivity index (χ0v) is 6.22. The average molecular weight is 168 g/mol. The van der Waals surface area contributed by atoms with Crippen molar-refractivity contribution in [1.29, 1.82) is 0 Å². The first-order chi connectivity index (χ1) is 5.25. The molecule has 0 aromatic carbocycles. The fraction of sp³-hybridized carbons (Fsp3) is 0. The van der Waals surface area contributed by atoms with Gasteiger partial charge in [0.2, 0.25) is 0 Å². The largest absolute Gasteiger partial charge is 0.328 e. The number of H-pyrrole nitrogens is 1. The first kappa shape index (κ1) is 7.74. The molecular weight excluding hydrogens is 164 g/mol. The first-order valence-electron chi connectivity index (χ1n) is 2.81. The quantitative estimate of drug-likeness (QED) is 0.653. The van der Waals surface area contributed by atoms with Crippen molar-refractivity contribution < 1.29 is 4.79 Å². The van der Waals surface area contributed by atoms with E-state index in [4.69, 9.17) is 0 Å². The third kappa shape index (κ3) is 1.56. The van der Waals surface area contributed by atoms with Gasteiger partial charge in [0.1, 0.15) is 5.56 Å². The van der Waals surface area contributed by atoms with Gasteiger partial charge in [-0.2, -0.15) is 0 Å². The lowest BCUT2D eigenvalue weighted by Crippen LogP contribution is -2.14. The number of hydrogen-bond acceptors (Lipinski definition) is 3. The van der Waals surface area contributed by atoms with E-state index in [1.807, 2.05) is 0 Å². The molecule has 0 spiro atoms. The number of rotatable bonds is 1. The summed E-state index contributed by atoms with van der Waals surface area (Å²) in [6, 6.07) is 2.91. The SMILES string of the molecule is O=C(N=S)c1ccc[nH]c1=O. The summed E-state index contributed by atoms with van der Waals surface area (Å²) in [6.45, 7) is 0. The lowest BCUT2D eigenvalue weighted by molar-refractivity contribution is 0.100. The van der Waals surface area contributed by atoms with Gasteiger partial charge in [0.25, 0.3) is 11.5 Å². The van der Waals surface area contributed by atoms with Gasteiger partial charge in [0.15, 0.2) is 0 Å². The van der Waals surface area contributed by atoms with E-state index in [2.05, 4.69) is 21.8 Å². The highest BCUT2D eigenvalue weighted by molar-refractivity contribution is 7.47. The Kier molecular flexibility index (Phi) is 2.22. The highest BCUT2D eigenvalue weighted by Gasteiger charge is 2.06. The van der Waals surface area contributed by atoms with Crippen molar-refractivity contribution >= 4 is 18.3 Å². The maximum Gasteiger partial charge on any atom is 0.293 e. The third-order valence-corrected chi connectivity index (χ3v) is 1.30. The van der Waals surface area contributed by atoms with Crippen LogP contribution in [0.2, 0.25) is 0 Å². The molecule has 5 heteroatoms. The van der Waals surface area contributed by atoms with Crippen LogP contribution in [-0.2, 0) is 12.4 Å². The Morgan fingerprint density at radius 3 is 2.91 bits per heavy atom. The van der Waals surface area contributed by atoms with Gasteiger partial charge in [-0.1, -0.05) is 0 Å². The van der Waals surface area contributed by atoms with E-state index >= 15 is 0 Å². The zero-order chi connectivity index (χ0) is 8.27. The molecule has 0 atom stereocenters. The molecule has 1 heterocycles. The first-order valence-corrected chi connectivity index (χ1v) is 3.17. The molecule has 0 radical (unpaired) electrons. The third-order valence-electron chi connectivity index (χ3n) is 1.13. The predicted molar refractivity (Wildman–Crippen MR) is 41.2 cm³/mol. The Bertz CT molecular complexity index is 344. The molecule has 1 rings (SSSR count). The van der Waals surface area contributed by atoms with Crippen molar-refractivity contribution in [2.75, 3.05) is 0 Å². The minimum atomic E-state index is -0.679. The summed E-state index contributed by atoms with van der Waals surface area (Å²) in [4.78, 5) is 23.9. The second-order valence-electron chi connectivity index (χ2n) is 1.81. The van der Waals surface area contributed by atoms with Crippen LogP contribution in [0.4, 0.5) is 0 Å². The van der Waals surface area contributed by atoms with Gasteiger partial charge in [0.05, 0.1) is 0 Å². The van der Waals surface area contributed by atoms with Crippen molar-refractivity contribution in [1.82, 2.24) is 4.98 Å². The Morgan fingerprint density at radius 2 is 2.36 bits per heavy atom. The number of carbonyl (C=O) groups is 1. The summed E-state index contributed by atoms with van der Waals surface area (Å²) in [5, 5.41) is 0. The van der Waals surface area contributed by atoms with Crippen molar-refractivity contribution in [3.05, 3.63) is 34.2 Å². The van der Waals surface area contributed by atoms with Crippen LogP contribution in [0.5, 0.6) is 0 Å². The molecule has 4 nitrogen and oxygen atoms in total. The van der Waals surface area contributed by atoms with Gasteiger partial charge in [-0.05, 0) is 12.1 Å². The Morgan fingerprint density at radius 1 is 1.64 bits per heavy atom. The molecule has 1 aromatic heterocycles. The normalized spacial score (nSPS) is 9.09. The van der Waals surface area contributed by atoms with E-state index in [1.165, 1.54) is 18.3 Å². The fourth-order valence-electron chi connectivity index (χ4n) is 0.639. The molecule has 0 aliphatic heterocycles. The lowest BCUT2D eigenvalue weighted by Gasteiger charge is -1.88. The summed E-state index contributed by atoms with van der Waals surface area (Å²) in [7, 11) is 0. The second kappa shape index (κ2) is 3.16. The fourth-order valence-corrected chi connectivity index (χ4v) is 0.738. The Hall–Kier alpha value is -1.36. The summed E-state index contributed by atoms with van der Waals surface area (Å²) in [6.07, 6.45) is 1.43. The topological polar surface area (TPSA) is 62.3 Å². The molecule has 56 valence electrons. The molecule has 0 fully saturated rings. The second-order valence-corrected chi connectivity index (χ2v) is 1.99. The highest BCUT2D eigenvalue weighted by Crippen LogP contribution is 1.90. The Labute approximate surface area is 67.4 Å². The van der Waals surface area contributed by atoms with Gasteiger partial charge in [-0.3, -0.25) is 9.59 Å². The van der Waals surface area contributed by atoms with Gasteiger partial charge in [-0.15, -0.1) is 4.36 Å². The molecule has 0 aliphatic rings. The van der Waals surface area contributed by atoms with Crippen LogP contribution in [0.25, 0.3) is 0 Å². The molecule has 0 unspecified atom stereocenters. The molecule has 0 bridgehead atoms. The zero-order valence-electron chi connectivity index (χ0n) is 5.40. The van der Waals surface area contributed by atoms with Crippen LogP contribution >= 0.6 is 0 Å². The van der Waals surface area contributed by atoms with Gasteiger partial charge in [-0.25, -0.2) is 0 Å². The number of carbonyl (C=O) groups excluding carboxylic acids is 1. The molecule has 0 saturated carbocycles. The van der Waals surface area contributed by atoms with E-state index in [1.54, 1.807) is 0 Å². The van der Waals surface area contributed by atoms with Gasteiger partial charge in [0, 0.05) is 18.6 Å². The molecular formula is C6H4N2O2S. The maximum absolute atomic E-state index is 10.8. The van der Waals surface area contributed by atoms with Crippen molar-refractivity contribution in [3.8, 4) is 0 Å². The molecule has 0 aliphatic carbocycles. The number of nitrogens with one attached hydrogen (secondary N) is 1. The van der Waals surface area contributed by atoms with E-state index in [9.17, 15) is 9.59 Å². The van der Waals surface area contributed by atoms with E-state index in [0.717, 1.165) is 0 Å². The van der Waals surface area contributed by atoms with Crippen molar-refractivity contribution in [3.63, 3.8) is 0 Å². The molecule has 1 amide bonds. The summed E-state index contributed by atoms with van der Waals surface area (Å²) < 4.78 is 2.94. The van der Waals surface area contributed by atoms with Crippen LogP contribution < -0.4 is 5.56 Å². The van der Waals surface area contributed by atoms with E-state index in [0.29, 0.717) is 0 Å². The molecule has 1 N–H and O–H groups in total. The van der Waals surface area contributed by atoms with Crippen LogP contribution in [0.15, 0.2) is 27.5 Å². The van der Waals surface area contributed by atoms with Gasteiger partial charge >= 0.3 is 0 Å². The summed E-state index contributed by atoms with van der Waals surface area (Å²) in [5.41, 5.74) is -0.492. The standard InChI is InChI=1S/C6H4N2O2S/c9-5-4(6(10)8-11)2-1-3-7-5/h1-3H,(H,7,9). The van der Waals surface area contributed by atoms with Crippen LogP contribution in [0.1, 0.15) is 10.4 Å². The summed E-state index contributed by atoms with van der Waals surface area (Å²) >= 11 is 4.14. The van der Waals surface area contributed by atoms with E-state index < -0.39 is 11.5 Å². The van der Waals surface area contributed by atoms with Crippen LogP contribution in [0.3, 0.4) is 0 Å². The van der Waals surface area contributed by atoms with Crippen molar-refractivity contribution in [2.24, 2.45) is 4.36 Å². The predicted octanol–water partition coefficient (Wildman–Crippen LogP) is 0.246.